The SMILES string of the molecule is CCC(C)C1COC(=O)N1C1CCN(C(=O)Oc2ccc(C(=O)OC)cc2)CC1. The largest absolute Gasteiger partial charge is 0.465 e. The van der Waals surface area contributed by atoms with Crippen LogP contribution in [0.2, 0.25) is 0 Å². The Balaban J connectivity index is 1.54. The van der Waals surface area contributed by atoms with Crippen LogP contribution in [0, 0.1) is 5.92 Å². The number of methoxy groups -OCH3 is 1. The minimum atomic E-state index is -0.443. The van der Waals surface area contributed by atoms with Crippen LogP contribution < -0.4 is 4.74 Å². The van der Waals surface area contributed by atoms with Crippen molar-refractivity contribution in [2.24, 2.45) is 5.92 Å². The molecule has 2 atom stereocenters. The van der Waals surface area contributed by atoms with Gasteiger partial charge in [0.2, 0.25) is 0 Å². The molecular weight excluding hydrogens is 376 g/mol. The number of esters is 1. The molecule has 2 amide bonds. The van der Waals surface area contributed by atoms with E-state index >= 15 is 0 Å². The number of hydrogen-bond donors (Lipinski definition) is 0. The fourth-order valence-electron chi connectivity index (χ4n) is 3.85. The van der Waals surface area contributed by atoms with Gasteiger partial charge in [0.15, 0.2) is 0 Å². The Morgan fingerprint density at radius 2 is 1.86 bits per heavy atom. The standard InChI is InChI=1S/C21H28N2O6/c1-4-14(2)18-13-28-21(26)23(18)16-9-11-22(12-10-16)20(25)29-17-7-5-15(6-8-17)19(24)27-3/h5-8,14,16,18H,4,9-13H2,1-3H3. The van der Waals surface area contributed by atoms with E-state index in [2.05, 4.69) is 18.6 Å². The first kappa shape index (κ1) is 21.0. The first-order valence-corrected chi connectivity index (χ1v) is 10.0. The van der Waals surface area contributed by atoms with Crippen LogP contribution in [0.4, 0.5) is 9.59 Å². The van der Waals surface area contributed by atoms with Gasteiger partial charge < -0.3 is 19.1 Å². The fourth-order valence-corrected chi connectivity index (χ4v) is 3.85. The van der Waals surface area contributed by atoms with E-state index in [0.717, 1.165) is 6.42 Å². The van der Waals surface area contributed by atoms with Crippen molar-refractivity contribution in [2.45, 2.75) is 45.2 Å². The topological polar surface area (TPSA) is 85.4 Å². The number of piperidine rings is 1. The summed E-state index contributed by atoms with van der Waals surface area (Å²) in [7, 11) is 1.31. The van der Waals surface area contributed by atoms with Gasteiger partial charge in [0.05, 0.1) is 18.7 Å². The summed E-state index contributed by atoms with van der Waals surface area (Å²) in [5, 5.41) is 0. The summed E-state index contributed by atoms with van der Waals surface area (Å²) in [6, 6.07) is 6.40. The molecule has 29 heavy (non-hydrogen) atoms. The van der Waals surface area contributed by atoms with Gasteiger partial charge in [-0.2, -0.15) is 0 Å². The third kappa shape index (κ3) is 4.63. The van der Waals surface area contributed by atoms with E-state index in [9.17, 15) is 14.4 Å². The molecule has 3 rings (SSSR count). The van der Waals surface area contributed by atoms with Crippen molar-refractivity contribution in [1.82, 2.24) is 9.80 Å². The third-order valence-corrected chi connectivity index (χ3v) is 5.84. The molecular formula is C21H28N2O6. The van der Waals surface area contributed by atoms with Crippen LogP contribution in [-0.4, -0.2) is 66.8 Å². The molecule has 2 fully saturated rings. The number of likely N-dealkylation sites (tertiary alicyclic amines) is 1. The molecule has 8 nitrogen and oxygen atoms in total. The molecule has 0 spiro atoms. The van der Waals surface area contributed by atoms with Gasteiger partial charge in [-0.1, -0.05) is 20.3 Å². The maximum Gasteiger partial charge on any atom is 0.415 e. The average Bonchev–Trinajstić information content (AvgIpc) is 3.14. The van der Waals surface area contributed by atoms with E-state index in [0.29, 0.717) is 49.8 Å². The summed E-state index contributed by atoms with van der Waals surface area (Å²) in [6.45, 7) is 5.72. The number of nitrogens with zero attached hydrogens (tertiary/aromatic N) is 2. The van der Waals surface area contributed by atoms with Gasteiger partial charge in [-0.3, -0.25) is 4.90 Å². The maximum atomic E-state index is 12.5. The molecule has 2 aliphatic rings. The molecule has 0 aromatic heterocycles. The van der Waals surface area contributed by atoms with Crippen LogP contribution in [0.1, 0.15) is 43.5 Å². The maximum absolute atomic E-state index is 12.5. The van der Waals surface area contributed by atoms with Crippen molar-refractivity contribution in [2.75, 3.05) is 26.8 Å². The number of benzene rings is 1. The zero-order valence-corrected chi connectivity index (χ0v) is 17.1. The van der Waals surface area contributed by atoms with Crippen molar-refractivity contribution in [3.05, 3.63) is 29.8 Å². The average molecular weight is 404 g/mol. The highest BCUT2D eigenvalue weighted by molar-refractivity contribution is 5.89. The van der Waals surface area contributed by atoms with Gasteiger partial charge in [-0.05, 0) is 43.0 Å². The molecule has 2 aliphatic heterocycles. The van der Waals surface area contributed by atoms with Gasteiger partial charge in [0.1, 0.15) is 12.4 Å². The van der Waals surface area contributed by atoms with Crippen molar-refractivity contribution in [1.29, 1.82) is 0 Å². The lowest BCUT2D eigenvalue weighted by Gasteiger charge is -2.38. The molecule has 2 saturated heterocycles. The molecule has 0 aliphatic carbocycles. The van der Waals surface area contributed by atoms with Crippen LogP contribution in [0.3, 0.4) is 0 Å². The Hall–Kier alpha value is -2.77. The van der Waals surface area contributed by atoms with Gasteiger partial charge in [-0.15, -0.1) is 0 Å². The number of carbonyl (C=O) groups excluding carboxylic acids is 3. The molecule has 1 aromatic carbocycles. The van der Waals surface area contributed by atoms with Crippen molar-refractivity contribution < 1.29 is 28.6 Å². The highest BCUT2D eigenvalue weighted by atomic mass is 16.6. The number of carbonyl (C=O) groups is 3. The summed E-state index contributed by atoms with van der Waals surface area (Å²) in [5.41, 5.74) is 0.390. The normalized spacial score (nSPS) is 20.9. The summed E-state index contributed by atoms with van der Waals surface area (Å²) in [5.74, 6) is 0.295. The van der Waals surface area contributed by atoms with Gasteiger partial charge >= 0.3 is 18.2 Å². The molecule has 1 aromatic rings. The zero-order valence-electron chi connectivity index (χ0n) is 17.1. The number of hydrogen-bond acceptors (Lipinski definition) is 6. The number of ether oxygens (including phenoxy) is 3. The lowest BCUT2D eigenvalue weighted by atomic mass is 9.95. The summed E-state index contributed by atoms with van der Waals surface area (Å²) >= 11 is 0. The monoisotopic (exact) mass is 404 g/mol. The van der Waals surface area contributed by atoms with E-state index in [1.165, 1.54) is 7.11 Å². The Labute approximate surface area is 170 Å². The molecule has 2 heterocycles. The number of amides is 2. The smallest absolute Gasteiger partial charge is 0.415 e. The Kier molecular flexibility index (Phi) is 6.61. The minimum Gasteiger partial charge on any atom is -0.465 e. The van der Waals surface area contributed by atoms with E-state index in [4.69, 9.17) is 9.47 Å². The van der Waals surface area contributed by atoms with E-state index in [-0.39, 0.29) is 18.2 Å². The van der Waals surface area contributed by atoms with Crippen molar-refractivity contribution >= 4 is 18.2 Å². The molecule has 158 valence electrons. The van der Waals surface area contributed by atoms with Crippen LogP contribution in [-0.2, 0) is 9.47 Å². The molecule has 0 N–H and O–H groups in total. The van der Waals surface area contributed by atoms with Crippen LogP contribution in [0.15, 0.2) is 24.3 Å². The van der Waals surface area contributed by atoms with Crippen LogP contribution in [0.5, 0.6) is 5.75 Å². The Morgan fingerprint density at radius 1 is 1.21 bits per heavy atom. The highest BCUT2D eigenvalue weighted by Gasteiger charge is 2.41. The first-order valence-electron chi connectivity index (χ1n) is 10.0. The second kappa shape index (κ2) is 9.15. The highest BCUT2D eigenvalue weighted by Crippen LogP contribution is 2.29. The summed E-state index contributed by atoms with van der Waals surface area (Å²) < 4.78 is 15.4. The minimum absolute atomic E-state index is 0.0763. The van der Waals surface area contributed by atoms with Crippen molar-refractivity contribution in [3.63, 3.8) is 0 Å². The summed E-state index contributed by atoms with van der Waals surface area (Å²) in [4.78, 5) is 39.7. The second-order valence-electron chi connectivity index (χ2n) is 7.54. The second-order valence-corrected chi connectivity index (χ2v) is 7.54. The van der Waals surface area contributed by atoms with Gasteiger partial charge in [-0.25, -0.2) is 14.4 Å². The molecule has 0 saturated carbocycles. The van der Waals surface area contributed by atoms with Gasteiger partial charge in [0, 0.05) is 19.1 Å². The predicted octanol–water partition coefficient (Wildman–Crippen LogP) is 3.30. The first-order chi connectivity index (χ1) is 13.9. The lowest BCUT2D eigenvalue weighted by Crippen LogP contribution is -2.51. The lowest BCUT2D eigenvalue weighted by molar-refractivity contribution is 0.0600. The third-order valence-electron chi connectivity index (χ3n) is 5.84. The quantitative estimate of drug-likeness (QED) is 0.700. The fraction of sp³-hybridized carbons (Fsp3) is 0.571. The number of cyclic esters (lactones) is 1. The molecule has 0 radical (unpaired) electrons. The molecule has 8 heteroatoms. The van der Waals surface area contributed by atoms with Crippen LogP contribution in [0.25, 0.3) is 0 Å². The molecule has 0 bridgehead atoms. The Bertz CT molecular complexity index is 742. The van der Waals surface area contributed by atoms with Crippen LogP contribution >= 0.6 is 0 Å². The van der Waals surface area contributed by atoms with E-state index in [1.807, 2.05) is 4.90 Å². The predicted molar refractivity (Wildman–Crippen MR) is 105 cm³/mol. The number of rotatable bonds is 5. The van der Waals surface area contributed by atoms with E-state index < -0.39 is 12.1 Å². The Morgan fingerprint density at radius 3 is 2.45 bits per heavy atom. The van der Waals surface area contributed by atoms with Gasteiger partial charge in [0.25, 0.3) is 0 Å². The molecule has 2 unspecified atom stereocenters. The summed E-state index contributed by atoms with van der Waals surface area (Å²) in [6.07, 6.45) is 1.69. The van der Waals surface area contributed by atoms with Crippen molar-refractivity contribution in [3.8, 4) is 5.75 Å². The van der Waals surface area contributed by atoms with E-state index in [1.54, 1.807) is 29.2 Å². The zero-order chi connectivity index (χ0) is 21.0.